The van der Waals surface area contributed by atoms with E-state index in [9.17, 15) is 83.1 Å². The molecule has 2 aliphatic rings. The van der Waals surface area contributed by atoms with E-state index in [0.29, 0.717) is 6.42 Å². The molecule has 21 atom stereocenters. The standard InChI is InChI=1S/C73H128N16O23/c1-34(2)29-37(7)58(96)41(11)63(100)80-45(19-17-26-74)64(101)79-44(23-25-52(77)92)59(97)60(98)70(107)86-55(39(9)40(10)62(78)99)67(104)87-57-61(38(8)36(5)6)112-73(110)50-21-15-16-28-89(50)72(109)48(32-54(94)95)83-68(105)56(42(12)111-14)85-53(93)31-43(22-24-51(76)91)88(13)71(108)47(30-35(3)4)82-65(102)46(20-18-27-75)81-66(103)49(33-90)84-69(57)106/h34-50,55-61,90,96-98H,15-33,74-75H2,1-14H3,(H2,76,91)(H2,77,92)(H2,78,99)(H,79,101)(H,80,100)(H,81,103)(H,82,102)(H,83,105)(H,84,106)(H,85,93)(H,86,107)(H,87,104)(H,94,95)/t37-,38-,39+,40-,41-,42-,43+,44+,45-,46-,47+,48-,49-,50+,55+,56+,57-,58-,59-,60-,61-/m1/s1. The van der Waals surface area contributed by atoms with Crippen LogP contribution in [-0.2, 0) is 86.2 Å². The summed E-state index contributed by atoms with van der Waals surface area (Å²) in [6, 6.07) is -19.4. The molecule has 2 saturated heterocycles. The third-order valence-electron chi connectivity index (χ3n) is 20.8. The number of aliphatic hydroxyl groups is 4. The number of nitrogens with two attached hydrogens (primary N) is 5. The fraction of sp³-hybridized carbons (Fsp3) is 0.781. The number of carboxylic acid groups (broad SMARTS) is 1. The number of fused-ring (bicyclic) bond motifs is 1. The normalized spacial score (nSPS) is 24.4. The first kappa shape index (κ1) is 99.3. The maximum absolute atomic E-state index is 15.5. The number of primary amides is 3. The Morgan fingerprint density at radius 2 is 1.22 bits per heavy atom. The summed E-state index contributed by atoms with van der Waals surface area (Å²) in [5.74, 6) is -24.6. The Kier molecular flexibility index (Phi) is 42.9. The summed E-state index contributed by atoms with van der Waals surface area (Å²) < 4.78 is 11.7. The van der Waals surface area contributed by atoms with Crippen LogP contribution in [0.1, 0.15) is 179 Å². The first-order chi connectivity index (χ1) is 52.3. The molecule has 2 fully saturated rings. The van der Waals surface area contributed by atoms with Crippen LogP contribution >= 0.6 is 0 Å². The van der Waals surface area contributed by atoms with Crippen LogP contribution in [-0.4, -0.2) is 267 Å². The molecular formula is C73H128N16O23. The average Bonchev–Trinajstić information content (AvgIpc) is 0.802. The van der Waals surface area contributed by atoms with Gasteiger partial charge in [0.25, 0.3) is 5.91 Å². The van der Waals surface area contributed by atoms with Gasteiger partial charge in [-0.1, -0.05) is 76.2 Å². The molecule has 0 radical (unpaired) electrons. The van der Waals surface area contributed by atoms with E-state index in [4.69, 9.17) is 38.1 Å². The van der Waals surface area contributed by atoms with Gasteiger partial charge >= 0.3 is 11.9 Å². The largest absolute Gasteiger partial charge is 0.481 e. The molecule has 0 aromatic rings. The number of methoxy groups -OCH3 is 1. The average molecular weight is 1600 g/mol. The third kappa shape index (κ3) is 31.3. The van der Waals surface area contributed by atoms with Gasteiger partial charge in [0.05, 0.1) is 37.2 Å². The minimum absolute atomic E-state index is 0.0298. The zero-order valence-corrected chi connectivity index (χ0v) is 67.2. The molecule has 638 valence electrons. The Balaban J connectivity index is 3.13. The number of aliphatic carboxylic acids is 1. The molecule has 0 aliphatic carbocycles. The molecule has 0 saturated carbocycles. The summed E-state index contributed by atoms with van der Waals surface area (Å²) in [6.07, 6.45) is -12.5. The SMILES string of the molecule is CO[C@H](C)[C@@H]1NC(=O)C[C@H](CCC(N)=O)N(C)C(=O)[C@H](CC(C)C)NC(=O)[C@@H](CCCN)NC(=O)[C@@H](CO)NC(=O)[C@H](NC(=O)[C@@H](NC(=O)[C@H](O)[C@H](O)[C@H](CCC(N)=O)NC(=O)[C@@H](CCCN)NC(=O)[C@H](C)[C@H](O)[C@H](C)CC(C)C)[C@@H](C)[C@@H](C)C(N)=O)[C@@H]([C@H](C)C(C)C)OC(=O)[C@@H]2CCCCN2C(=O)[C@@H](CC(=O)O)NC1=O. The molecule has 0 aromatic heterocycles. The van der Waals surface area contributed by atoms with Gasteiger partial charge < -0.3 is 121 Å². The lowest BCUT2D eigenvalue weighted by Gasteiger charge is -2.39. The highest BCUT2D eigenvalue weighted by Gasteiger charge is 2.48. The van der Waals surface area contributed by atoms with Crippen molar-refractivity contribution >= 4 is 94.6 Å². The van der Waals surface area contributed by atoms with Crippen molar-refractivity contribution in [1.82, 2.24) is 57.7 Å². The van der Waals surface area contributed by atoms with Crippen LogP contribution in [0.2, 0.25) is 0 Å². The number of carboxylic acids is 1. The van der Waals surface area contributed by atoms with Gasteiger partial charge in [-0.15, -0.1) is 0 Å². The molecule has 0 unspecified atom stereocenters. The first-order valence-electron chi connectivity index (χ1n) is 38.5. The van der Waals surface area contributed by atoms with Crippen LogP contribution in [0.4, 0.5) is 0 Å². The zero-order chi connectivity index (χ0) is 85.5. The molecule has 14 amide bonds. The first-order valence-corrected chi connectivity index (χ1v) is 38.5. The maximum atomic E-state index is 15.5. The monoisotopic (exact) mass is 1600 g/mol. The quantitative estimate of drug-likeness (QED) is 0.0257. The molecule has 2 rings (SSSR count). The number of hydrogen-bond donors (Lipinski definition) is 19. The number of piperidine rings is 1. The highest BCUT2D eigenvalue weighted by molar-refractivity contribution is 5.99. The predicted molar refractivity (Wildman–Crippen MR) is 404 cm³/mol. The summed E-state index contributed by atoms with van der Waals surface area (Å²) in [4.78, 5) is 229. The van der Waals surface area contributed by atoms with Crippen LogP contribution in [0.5, 0.6) is 0 Å². The van der Waals surface area contributed by atoms with Crippen LogP contribution < -0.4 is 76.5 Å². The van der Waals surface area contributed by atoms with Crippen molar-refractivity contribution < 1.29 is 112 Å². The number of ether oxygens (including phenoxy) is 2. The molecule has 2 aliphatic heterocycles. The number of aliphatic hydroxyl groups excluding tert-OH is 4. The van der Waals surface area contributed by atoms with Crippen molar-refractivity contribution in [1.29, 1.82) is 0 Å². The second-order valence-corrected chi connectivity index (χ2v) is 30.9. The number of nitrogens with one attached hydrogen (secondary N) is 9. The number of amides is 14. The van der Waals surface area contributed by atoms with Gasteiger partial charge in [-0.05, 0) is 126 Å². The van der Waals surface area contributed by atoms with Gasteiger partial charge in [0.15, 0.2) is 6.10 Å². The Hall–Kier alpha value is -8.76. The minimum atomic E-state index is -2.69. The molecule has 112 heavy (non-hydrogen) atoms. The zero-order valence-electron chi connectivity index (χ0n) is 67.2. The van der Waals surface area contributed by atoms with E-state index < -0.39 is 253 Å². The van der Waals surface area contributed by atoms with Crippen LogP contribution in [0, 0.1) is 47.3 Å². The number of rotatable bonds is 38. The smallest absolute Gasteiger partial charge is 0.329 e. The van der Waals surface area contributed by atoms with E-state index >= 15 is 19.2 Å². The summed E-state index contributed by atoms with van der Waals surface area (Å²) in [6.45, 7) is 17.4. The molecule has 39 heteroatoms. The van der Waals surface area contributed by atoms with Gasteiger partial charge in [0, 0.05) is 51.9 Å². The van der Waals surface area contributed by atoms with Crippen molar-refractivity contribution in [3.63, 3.8) is 0 Å². The van der Waals surface area contributed by atoms with E-state index in [2.05, 4.69) is 47.9 Å². The van der Waals surface area contributed by atoms with E-state index in [1.807, 2.05) is 13.8 Å². The lowest BCUT2D eigenvalue weighted by Crippen LogP contribution is -2.65. The Labute approximate surface area is 654 Å². The van der Waals surface area contributed by atoms with E-state index in [1.54, 1.807) is 34.6 Å². The Bertz CT molecular complexity index is 3200. The van der Waals surface area contributed by atoms with Gasteiger partial charge in [0.2, 0.25) is 76.8 Å². The van der Waals surface area contributed by atoms with E-state index in [1.165, 1.54) is 48.8 Å². The van der Waals surface area contributed by atoms with Crippen molar-refractivity contribution in [2.75, 3.05) is 40.4 Å². The molecule has 0 bridgehead atoms. The lowest BCUT2D eigenvalue weighted by atomic mass is 9.85. The summed E-state index contributed by atoms with van der Waals surface area (Å²) in [5, 5.41) is 78.2. The van der Waals surface area contributed by atoms with Crippen molar-refractivity contribution in [2.24, 2.45) is 76.0 Å². The topological polar surface area (TPSA) is 638 Å². The second-order valence-electron chi connectivity index (χ2n) is 30.9. The lowest BCUT2D eigenvalue weighted by molar-refractivity contribution is -0.168. The van der Waals surface area contributed by atoms with Crippen LogP contribution in [0.25, 0.3) is 0 Å². The summed E-state index contributed by atoms with van der Waals surface area (Å²) in [5.41, 5.74) is 28.5. The van der Waals surface area contributed by atoms with E-state index in [-0.39, 0.29) is 102 Å². The van der Waals surface area contributed by atoms with E-state index in [0.717, 1.165) is 9.80 Å². The number of cyclic esters (lactones) is 1. The Morgan fingerprint density at radius 1 is 0.634 bits per heavy atom. The highest BCUT2D eigenvalue weighted by atomic mass is 16.5. The summed E-state index contributed by atoms with van der Waals surface area (Å²) in [7, 11) is 2.45. The van der Waals surface area contributed by atoms with Crippen molar-refractivity contribution in [3.8, 4) is 0 Å². The number of likely N-dealkylation sites (N-methyl/N-ethyl adjacent to an activating group) is 1. The fourth-order valence-electron chi connectivity index (χ4n) is 13.2. The molecule has 0 aromatic carbocycles. The van der Waals surface area contributed by atoms with Crippen molar-refractivity contribution in [3.05, 3.63) is 0 Å². The molecular weight excluding hydrogens is 1470 g/mol. The highest BCUT2D eigenvalue weighted by Crippen LogP contribution is 2.28. The predicted octanol–water partition coefficient (Wildman–Crippen LogP) is -5.12. The maximum Gasteiger partial charge on any atom is 0.329 e. The molecule has 2 heterocycles. The number of nitrogens with zero attached hydrogens (tertiary/aromatic N) is 2. The molecule has 0 spiro atoms. The van der Waals surface area contributed by atoms with Gasteiger partial charge in [0.1, 0.15) is 66.6 Å². The van der Waals surface area contributed by atoms with Crippen LogP contribution in [0.15, 0.2) is 0 Å². The second kappa shape index (κ2) is 48.3. The molecule has 24 N–H and O–H groups in total. The van der Waals surface area contributed by atoms with Gasteiger partial charge in [-0.3, -0.25) is 71.9 Å². The number of carbonyl (C=O) groups excluding carboxylic acids is 15. The van der Waals surface area contributed by atoms with Gasteiger partial charge in [-0.2, -0.15) is 0 Å². The van der Waals surface area contributed by atoms with Crippen molar-refractivity contribution in [2.45, 2.75) is 276 Å². The minimum Gasteiger partial charge on any atom is -0.481 e. The molecule has 39 nitrogen and oxygen atoms in total. The number of carbonyl (C=O) groups is 16. The fourth-order valence-corrected chi connectivity index (χ4v) is 13.2. The Morgan fingerprint density at radius 3 is 1.77 bits per heavy atom. The third-order valence-corrected chi connectivity index (χ3v) is 20.8. The van der Waals surface area contributed by atoms with Crippen LogP contribution in [0.3, 0.4) is 0 Å². The number of hydrogen-bond acceptors (Lipinski definition) is 24. The summed E-state index contributed by atoms with van der Waals surface area (Å²) >= 11 is 0. The van der Waals surface area contributed by atoms with Gasteiger partial charge in [-0.25, -0.2) is 4.79 Å². The number of esters is 1.